The lowest BCUT2D eigenvalue weighted by Gasteiger charge is -2.36. The van der Waals surface area contributed by atoms with E-state index in [9.17, 15) is 4.79 Å². The number of piperazine rings is 1. The lowest BCUT2D eigenvalue weighted by molar-refractivity contribution is -0.130. The maximum Gasteiger partial charge on any atom is 0.242 e. The maximum atomic E-state index is 12.6. The molecule has 2 heterocycles. The monoisotopic (exact) mass is 414 g/mol. The van der Waals surface area contributed by atoms with Gasteiger partial charge in [0, 0.05) is 44.3 Å². The van der Waals surface area contributed by atoms with Crippen molar-refractivity contribution in [1.82, 2.24) is 20.5 Å². The zero-order valence-corrected chi connectivity index (χ0v) is 18.2. The van der Waals surface area contributed by atoms with Crippen molar-refractivity contribution in [2.45, 2.75) is 26.3 Å². The van der Waals surface area contributed by atoms with E-state index >= 15 is 0 Å². The predicted molar refractivity (Wildman–Crippen MR) is 120 cm³/mol. The van der Waals surface area contributed by atoms with E-state index in [1.54, 1.807) is 18.4 Å². The Morgan fingerprint density at radius 3 is 2.52 bits per heavy atom. The van der Waals surface area contributed by atoms with Crippen molar-refractivity contribution in [3.63, 3.8) is 0 Å². The van der Waals surface area contributed by atoms with Crippen molar-refractivity contribution in [3.05, 3.63) is 46.4 Å². The van der Waals surface area contributed by atoms with E-state index in [2.05, 4.69) is 56.9 Å². The number of para-hydroxylation sites is 1. The second kappa shape index (κ2) is 10.2. The Morgan fingerprint density at radius 1 is 1.17 bits per heavy atom. The topological polar surface area (TPSA) is 72.9 Å². The van der Waals surface area contributed by atoms with Crippen LogP contribution in [0.5, 0.6) is 0 Å². The van der Waals surface area contributed by atoms with E-state index < -0.39 is 0 Å². The van der Waals surface area contributed by atoms with Crippen LogP contribution in [0.1, 0.15) is 30.5 Å². The highest BCUT2D eigenvalue weighted by molar-refractivity contribution is 7.09. The summed E-state index contributed by atoms with van der Waals surface area (Å²) in [5.41, 5.74) is 2.32. The van der Waals surface area contributed by atoms with Crippen molar-refractivity contribution < 1.29 is 4.79 Å². The Hall–Kier alpha value is -2.61. The standard InChI is InChI=1S/C21H30N6OS/c1-16(2)18-15-29-19(25-18)13-23-21(22-3)24-14-20(28)27-11-9-26(10-12-27)17-7-5-4-6-8-17/h4-8,15-16H,9-14H2,1-3H3,(H2,22,23,24). The van der Waals surface area contributed by atoms with Gasteiger partial charge in [0.1, 0.15) is 5.01 Å². The third kappa shape index (κ3) is 5.93. The number of carbonyl (C=O) groups excluding carboxylic acids is 1. The summed E-state index contributed by atoms with van der Waals surface area (Å²) in [6.45, 7) is 8.28. The average Bonchev–Trinajstić information content (AvgIpc) is 3.24. The SMILES string of the molecule is CN=C(NCC(=O)N1CCN(c2ccccc2)CC1)NCc1nc(C(C)C)cs1. The highest BCUT2D eigenvalue weighted by Crippen LogP contribution is 2.17. The van der Waals surface area contributed by atoms with Crippen molar-refractivity contribution >= 4 is 28.9 Å². The molecule has 156 valence electrons. The third-order valence-corrected chi connectivity index (χ3v) is 5.82. The summed E-state index contributed by atoms with van der Waals surface area (Å²) in [5.74, 6) is 1.14. The first-order valence-electron chi connectivity index (χ1n) is 10.0. The number of hydrogen-bond acceptors (Lipinski definition) is 5. The number of carbonyl (C=O) groups is 1. The van der Waals surface area contributed by atoms with Gasteiger partial charge in [-0.3, -0.25) is 9.79 Å². The largest absolute Gasteiger partial charge is 0.368 e. The Morgan fingerprint density at radius 2 is 1.90 bits per heavy atom. The van der Waals surface area contributed by atoms with Gasteiger partial charge in [0.25, 0.3) is 0 Å². The molecule has 1 fully saturated rings. The lowest BCUT2D eigenvalue weighted by Crippen LogP contribution is -2.52. The Labute approximate surface area is 176 Å². The van der Waals surface area contributed by atoms with Gasteiger partial charge in [-0.15, -0.1) is 11.3 Å². The second-order valence-electron chi connectivity index (χ2n) is 7.30. The molecule has 0 atom stereocenters. The van der Waals surface area contributed by atoms with E-state index in [0.717, 1.165) is 36.9 Å². The minimum atomic E-state index is 0.0944. The number of guanidine groups is 1. The molecule has 0 aliphatic carbocycles. The van der Waals surface area contributed by atoms with Crippen LogP contribution in [0.2, 0.25) is 0 Å². The molecule has 1 aliphatic rings. The summed E-state index contributed by atoms with van der Waals surface area (Å²) in [6, 6.07) is 10.3. The van der Waals surface area contributed by atoms with Crippen molar-refractivity contribution in [2.24, 2.45) is 4.99 Å². The number of amides is 1. The highest BCUT2D eigenvalue weighted by atomic mass is 32.1. The fourth-order valence-electron chi connectivity index (χ4n) is 3.18. The van der Waals surface area contributed by atoms with Crippen molar-refractivity contribution in [1.29, 1.82) is 0 Å². The van der Waals surface area contributed by atoms with Crippen LogP contribution in [-0.2, 0) is 11.3 Å². The van der Waals surface area contributed by atoms with Gasteiger partial charge >= 0.3 is 0 Å². The summed E-state index contributed by atoms with van der Waals surface area (Å²) < 4.78 is 0. The van der Waals surface area contributed by atoms with Crippen LogP contribution in [0, 0.1) is 0 Å². The fraction of sp³-hybridized carbons (Fsp3) is 0.476. The van der Waals surface area contributed by atoms with Gasteiger partial charge in [-0.2, -0.15) is 0 Å². The Balaban J connectivity index is 1.41. The predicted octanol–water partition coefficient (Wildman–Crippen LogP) is 2.28. The molecule has 8 heteroatoms. The zero-order chi connectivity index (χ0) is 20.6. The smallest absolute Gasteiger partial charge is 0.242 e. The van der Waals surface area contributed by atoms with Crippen molar-refractivity contribution in [2.75, 3.05) is 44.7 Å². The molecule has 0 radical (unpaired) electrons. The summed E-state index contributed by atoms with van der Waals surface area (Å²) in [5, 5.41) is 9.46. The summed E-state index contributed by atoms with van der Waals surface area (Å²) in [7, 11) is 1.71. The van der Waals surface area contributed by atoms with E-state index in [1.807, 2.05) is 23.1 Å². The molecule has 7 nitrogen and oxygen atoms in total. The molecule has 1 aliphatic heterocycles. The first-order chi connectivity index (χ1) is 14.1. The molecule has 1 amide bonds. The van der Waals surface area contributed by atoms with Gasteiger partial charge in [0.15, 0.2) is 5.96 Å². The van der Waals surface area contributed by atoms with E-state index in [4.69, 9.17) is 0 Å². The highest BCUT2D eigenvalue weighted by Gasteiger charge is 2.21. The summed E-state index contributed by atoms with van der Waals surface area (Å²) in [6.07, 6.45) is 0. The average molecular weight is 415 g/mol. The number of nitrogens with one attached hydrogen (secondary N) is 2. The maximum absolute atomic E-state index is 12.6. The summed E-state index contributed by atoms with van der Waals surface area (Å²) in [4.78, 5) is 25.6. The number of benzene rings is 1. The number of aliphatic imine (C=N–C) groups is 1. The minimum Gasteiger partial charge on any atom is -0.368 e. The number of nitrogens with zero attached hydrogens (tertiary/aromatic N) is 4. The van der Waals surface area contributed by atoms with Gasteiger partial charge < -0.3 is 20.4 Å². The third-order valence-electron chi connectivity index (χ3n) is 4.95. The van der Waals surface area contributed by atoms with E-state index in [1.165, 1.54) is 5.69 Å². The molecule has 3 rings (SSSR count). The number of rotatable bonds is 6. The van der Waals surface area contributed by atoms with Gasteiger partial charge in [0.2, 0.25) is 5.91 Å². The molecule has 0 bridgehead atoms. The minimum absolute atomic E-state index is 0.0944. The zero-order valence-electron chi connectivity index (χ0n) is 17.4. The normalized spacial score (nSPS) is 15.0. The number of thiazole rings is 1. The molecule has 2 N–H and O–H groups in total. The van der Waals surface area contributed by atoms with Crippen LogP contribution in [0.4, 0.5) is 5.69 Å². The molecule has 1 aromatic heterocycles. The fourth-order valence-corrected chi connectivity index (χ4v) is 4.07. The van der Waals surface area contributed by atoms with Crippen LogP contribution in [0.25, 0.3) is 0 Å². The van der Waals surface area contributed by atoms with Crippen LogP contribution < -0.4 is 15.5 Å². The van der Waals surface area contributed by atoms with Gasteiger partial charge in [-0.05, 0) is 18.1 Å². The summed E-state index contributed by atoms with van der Waals surface area (Å²) >= 11 is 1.64. The van der Waals surface area contributed by atoms with Crippen LogP contribution >= 0.6 is 11.3 Å². The molecular weight excluding hydrogens is 384 g/mol. The van der Waals surface area contributed by atoms with Crippen LogP contribution in [0.3, 0.4) is 0 Å². The van der Waals surface area contributed by atoms with Gasteiger partial charge in [0.05, 0.1) is 18.8 Å². The first-order valence-corrected chi connectivity index (χ1v) is 10.9. The van der Waals surface area contributed by atoms with Crippen molar-refractivity contribution in [3.8, 4) is 0 Å². The Bertz CT molecular complexity index is 812. The first kappa shape index (κ1) is 21.1. The second-order valence-corrected chi connectivity index (χ2v) is 8.25. The number of anilines is 1. The molecular formula is C21H30N6OS. The molecule has 0 spiro atoms. The van der Waals surface area contributed by atoms with E-state index in [0.29, 0.717) is 18.4 Å². The lowest BCUT2D eigenvalue weighted by atomic mass is 10.2. The molecule has 0 saturated carbocycles. The number of hydrogen-bond donors (Lipinski definition) is 2. The Kier molecular flexibility index (Phi) is 7.46. The van der Waals surface area contributed by atoms with Gasteiger partial charge in [-0.25, -0.2) is 4.98 Å². The quantitative estimate of drug-likeness (QED) is 0.560. The molecule has 2 aromatic rings. The van der Waals surface area contributed by atoms with Gasteiger partial charge in [-0.1, -0.05) is 32.0 Å². The molecule has 1 saturated heterocycles. The molecule has 29 heavy (non-hydrogen) atoms. The van der Waals surface area contributed by atoms with Crippen LogP contribution in [-0.4, -0.2) is 61.5 Å². The van der Waals surface area contributed by atoms with E-state index in [-0.39, 0.29) is 12.5 Å². The molecule has 1 aromatic carbocycles. The molecule has 0 unspecified atom stereocenters. The van der Waals surface area contributed by atoms with Crippen LogP contribution in [0.15, 0.2) is 40.7 Å². The number of aromatic nitrogens is 1.